The van der Waals surface area contributed by atoms with Crippen LogP contribution in [-0.4, -0.2) is 42.8 Å². The molecule has 3 heteroatoms. The smallest absolute Gasteiger partial charge is 0.0471 e. The van der Waals surface area contributed by atoms with Crippen LogP contribution in [0.2, 0.25) is 0 Å². The van der Waals surface area contributed by atoms with E-state index in [-0.39, 0.29) is 0 Å². The SMILES string of the molecule is CCNC(CCN1CCCC(CO)C1)c1ccccc1C. The van der Waals surface area contributed by atoms with E-state index in [0.29, 0.717) is 18.6 Å². The van der Waals surface area contributed by atoms with E-state index in [1.807, 2.05) is 0 Å². The first kappa shape index (κ1) is 16.5. The second kappa shape index (κ2) is 8.52. The van der Waals surface area contributed by atoms with E-state index >= 15 is 0 Å². The zero-order valence-electron chi connectivity index (χ0n) is 13.5. The van der Waals surface area contributed by atoms with Crippen molar-refractivity contribution in [2.45, 2.75) is 39.2 Å². The molecule has 0 amide bonds. The van der Waals surface area contributed by atoms with Gasteiger partial charge >= 0.3 is 0 Å². The summed E-state index contributed by atoms with van der Waals surface area (Å²) in [5, 5.41) is 13.0. The fourth-order valence-electron chi connectivity index (χ4n) is 3.41. The molecule has 2 atom stereocenters. The van der Waals surface area contributed by atoms with Crippen molar-refractivity contribution in [2.75, 3.05) is 32.8 Å². The predicted octanol–water partition coefficient (Wildman–Crippen LogP) is 2.74. The van der Waals surface area contributed by atoms with E-state index in [4.69, 9.17) is 0 Å². The van der Waals surface area contributed by atoms with Crippen molar-refractivity contribution in [3.8, 4) is 0 Å². The number of nitrogens with zero attached hydrogens (tertiary/aromatic N) is 1. The van der Waals surface area contributed by atoms with Gasteiger partial charge in [-0.05, 0) is 62.9 Å². The topological polar surface area (TPSA) is 35.5 Å². The van der Waals surface area contributed by atoms with E-state index in [1.54, 1.807) is 0 Å². The summed E-state index contributed by atoms with van der Waals surface area (Å²) in [6.07, 6.45) is 3.54. The molecule has 2 unspecified atom stereocenters. The molecule has 1 saturated heterocycles. The van der Waals surface area contributed by atoms with Gasteiger partial charge in [-0.15, -0.1) is 0 Å². The van der Waals surface area contributed by atoms with Crippen molar-refractivity contribution in [1.82, 2.24) is 10.2 Å². The molecule has 0 bridgehead atoms. The normalized spacial score (nSPS) is 21.4. The first-order chi connectivity index (χ1) is 10.2. The average molecular weight is 290 g/mol. The fraction of sp³-hybridized carbons (Fsp3) is 0.667. The Morgan fingerprint density at radius 2 is 2.19 bits per heavy atom. The van der Waals surface area contributed by atoms with Gasteiger partial charge < -0.3 is 15.3 Å². The largest absolute Gasteiger partial charge is 0.396 e. The Morgan fingerprint density at radius 3 is 2.90 bits per heavy atom. The Labute approximate surface area is 129 Å². The molecule has 1 aliphatic rings. The Hall–Kier alpha value is -0.900. The van der Waals surface area contributed by atoms with Crippen LogP contribution >= 0.6 is 0 Å². The van der Waals surface area contributed by atoms with Crippen LogP contribution in [-0.2, 0) is 0 Å². The van der Waals surface area contributed by atoms with Crippen LogP contribution in [0.25, 0.3) is 0 Å². The van der Waals surface area contributed by atoms with Gasteiger partial charge in [0.25, 0.3) is 0 Å². The summed E-state index contributed by atoms with van der Waals surface area (Å²) in [6, 6.07) is 9.12. The fourth-order valence-corrected chi connectivity index (χ4v) is 3.41. The molecule has 1 aliphatic heterocycles. The van der Waals surface area contributed by atoms with Crippen LogP contribution in [0.5, 0.6) is 0 Å². The first-order valence-electron chi connectivity index (χ1n) is 8.36. The highest BCUT2D eigenvalue weighted by Crippen LogP contribution is 2.22. The highest BCUT2D eigenvalue weighted by atomic mass is 16.3. The molecule has 2 N–H and O–H groups in total. The third-order valence-electron chi connectivity index (χ3n) is 4.61. The molecule has 2 rings (SSSR count). The molecular weight excluding hydrogens is 260 g/mol. The number of aryl methyl sites for hydroxylation is 1. The van der Waals surface area contributed by atoms with Gasteiger partial charge in [0.15, 0.2) is 0 Å². The molecule has 118 valence electrons. The molecule has 0 aromatic heterocycles. The number of aliphatic hydroxyl groups excluding tert-OH is 1. The lowest BCUT2D eigenvalue weighted by Crippen LogP contribution is -2.38. The Morgan fingerprint density at radius 1 is 1.38 bits per heavy atom. The number of aliphatic hydroxyl groups is 1. The third-order valence-corrected chi connectivity index (χ3v) is 4.61. The van der Waals surface area contributed by atoms with Crippen molar-refractivity contribution in [2.24, 2.45) is 5.92 Å². The van der Waals surface area contributed by atoms with Gasteiger partial charge in [-0.1, -0.05) is 31.2 Å². The maximum absolute atomic E-state index is 9.35. The summed E-state index contributed by atoms with van der Waals surface area (Å²) in [6.45, 7) is 9.06. The van der Waals surface area contributed by atoms with E-state index in [1.165, 1.54) is 30.5 Å². The summed E-state index contributed by atoms with van der Waals surface area (Å²) < 4.78 is 0. The quantitative estimate of drug-likeness (QED) is 0.810. The van der Waals surface area contributed by atoms with Crippen molar-refractivity contribution in [3.05, 3.63) is 35.4 Å². The average Bonchev–Trinajstić information content (AvgIpc) is 2.52. The lowest BCUT2D eigenvalue weighted by Gasteiger charge is -2.33. The van der Waals surface area contributed by atoms with E-state index in [0.717, 1.165) is 26.1 Å². The van der Waals surface area contributed by atoms with Gasteiger partial charge in [0.05, 0.1) is 0 Å². The van der Waals surface area contributed by atoms with Crippen molar-refractivity contribution in [3.63, 3.8) is 0 Å². The van der Waals surface area contributed by atoms with E-state index < -0.39 is 0 Å². The maximum Gasteiger partial charge on any atom is 0.0471 e. The molecule has 0 spiro atoms. The number of nitrogens with one attached hydrogen (secondary N) is 1. The van der Waals surface area contributed by atoms with Crippen LogP contribution in [0.15, 0.2) is 24.3 Å². The number of hydrogen-bond acceptors (Lipinski definition) is 3. The van der Waals surface area contributed by atoms with Crippen LogP contribution in [0.4, 0.5) is 0 Å². The van der Waals surface area contributed by atoms with E-state index in [9.17, 15) is 5.11 Å². The standard InChI is InChI=1S/C18H30N2O/c1-3-19-18(17-9-5-4-7-15(17)2)10-12-20-11-6-8-16(13-20)14-21/h4-5,7,9,16,18-19,21H,3,6,8,10-14H2,1-2H3. The number of hydrogen-bond donors (Lipinski definition) is 2. The molecular formula is C18H30N2O. The Kier molecular flexibility index (Phi) is 6.68. The van der Waals surface area contributed by atoms with Crippen LogP contribution in [0.1, 0.15) is 43.4 Å². The second-order valence-electron chi connectivity index (χ2n) is 6.25. The van der Waals surface area contributed by atoms with Crippen LogP contribution in [0.3, 0.4) is 0 Å². The van der Waals surface area contributed by atoms with Gasteiger partial charge in [0.2, 0.25) is 0 Å². The molecule has 1 aromatic rings. The van der Waals surface area contributed by atoms with Gasteiger partial charge in [0, 0.05) is 19.2 Å². The molecule has 1 fully saturated rings. The van der Waals surface area contributed by atoms with Gasteiger partial charge in [-0.2, -0.15) is 0 Å². The molecule has 0 radical (unpaired) electrons. The molecule has 1 heterocycles. The highest BCUT2D eigenvalue weighted by Gasteiger charge is 2.20. The molecule has 0 saturated carbocycles. The Bertz CT molecular complexity index is 421. The lowest BCUT2D eigenvalue weighted by atomic mass is 9.96. The minimum Gasteiger partial charge on any atom is -0.396 e. The number of piperidine rings is 1. The third kappa shape index (κ3) is 4.80. The van der Waals surface area contributed by atoms with Gasteiger partial charge in [0.1, 0.15) is 0 Å². The van der Waals surface area contributed by atoms with Crippen molar-refractivity contribution in [1.29, 1.82) is 0 Å². The summed E-state index contributed by atoms with van der Waals surface area (Å²) in [5.41, 5.74) is 2.80. The maximum atomic E-state index is 9.35. The molecule has 0 aliphatic carbocycles. The summed E-state index contributed by atoms with van der Waals surface area (Å²) in [7, 11) is 0. The summed E-state index contributed by atoms with van der Waals surface area (Å²) in [4.78, 5) is 2.52. The number of benzene rings is 1. The summed E-state index contributed by atoms with van der Waals surface area (Å²) in [5.74, 6) is 0.481. The van der Waals surface area contributed by atoms with Gasteiger partial charge in [-0.25, -0.2) is 0 Å². The zero-order chi connectivity index (χ0) is 15.1. The van der Waals surface area contributed by atoms with Gasteiger partial charge in [-0.3, -0.25) is 0 Å². The monoisotopic (exact) mass is 290 g/mol. The second-order valence-corrected chi connectivity index (χ2v) is 6.25. The predicted molar refractivity (Wildman–Crippen MR) is 88.5 cm³/mol. The van der Waals surface area contributed by atoms with Crippen molar-refractivity contribution < 1.29 is 5.11 Å². The lowest BCUT2D eigenvalue weighted by molar-refractivity contribution is 0.117. The number of rotatable bonds is 7. The first-order valence-corrected chi connectivity index (χ1v) is 8.36. The minimum atomic E-state index is 0.338. The molecule has 3 nitrogen and oxygen atoms in total. The van der Waals surface area contributed by atoms with Crippen molar-refractivity contribution >= 4 is 0 Å². The van der Waals surface area contributed by atoms with Crippen LogP contribution in [0, 0.1) is 12.8 Å². The Balaban J connectivity index is 1.92. The number of likely N-dealkylation sites (tertiary alicyclic amines) is 1. The zero-order valence-corrected chi connectivity index (χ0v) is 13.5. The van der Waals surface area contributed by atoms with Crippen LogP contribution < -0.4 is 5.32 Å². The molecule has 21 heavy (non-hydrogen) atoms. The summed E-state index contributed by atoms with van der Waals surface area (Å²) >= 11 is 0. The minimum absolute atomic E-state index is 0.338. The van der Waals surface area contributed by atoms with E-state index in [2.05, 4.69) is 48.3 Å². The molecule has 1 aromatic carbocycles. The highest BCUT2D eigenvalue weighted by molar-refractivity contribution is 5.28.